The number of rotatable bonds is 10. The summed E-state index contributed by atoms with van der Waals surface area (Å²) in [7, 11) is 1.52. The minimum atomic E-state index is -1.30. The number of hydrogen-bond donors (Lipinski definition) is 2. The van der Waals surface area contributed by atoms with Crippen molar-refractivity contribution in [1.82, 2.24) is 15.1 Å². The third kappa shape index (κ3) is 6.63. The quantitative estimate of drug-likeness (QED) is 0.227. The van der Waals surface area contributed by atoms with E-state index in [1.807, 2.05) is 62.4 Å². The van der Waals surface area contributed by atoms with Gasteiger partial charge in [-0.1, -0.05) is 67.5 Å². The molecular weight excluding hydrogens is 590 g/mol. The van der Waals surface area contributed by atoms with Crippen molar-refractivity contribution in [3.05, 3.63) is 60.2 Å². The fraction of sp³-hybridized carbons (Fsp3) is 0.600. The first-order valence-electron chi connectivity index (χ1n) is 16.5. The van der Waals surface area contributed by atoms with Crippen molar-refractivity contribution in [3.63, 3.8) is 0 Å². The molecule has 46 heavy (non-hydrogen) atoms. The van der Waals surface area contributed by atoms with Gasteiger partial charge in [-0.25, -0.2) is 0 Å². The van der Waals surface area contributed by atoms with Crippen LogP contribution in [0.1, 0.15) is 64.0 Å². The Morgan fingerprint density at radius 1 is 1.04 bits per heavy atom. The van der Waals surface area contributed by atoms with Crippen LogP contribution in [0.2, 0.25) is 0 Å². The third-order valence-electron chi connectivity index (χ3n) is 9.53. The van der Waals surface area contributed by atoms with E-state index in [0.29, 0.717) is 37.9 Å². The average molecular weight is 638 g/mol. The number of carbonyl (C=O) groups is 4. The van der Waals surface area contributed by atoms with Crippen molar-refractivity contribution in [3.8, 4) is 0 Å². The number of esters is 1. The number of methoxy groups -OCH3 is 1. The molecule has 250 valence electrons. The molecule has 4 heterocycles. The summed E-state index contributed by atoms with van der Waals surface area (Å²) in [4.78, 5) is 59.5. The molecule has 4 aliphatic rings. The predicted molar refractivity (Wildman–Crippen MR) is 169 cm³/mol. The molecular formula is C35H47N3O8. The molecule has 1 aromatic rings. The average Bonchev–Trinajstić information content (AvgIpc) is 3.68. The largest absolute Gasteiger partial charge is 0.455 e. The van der Waals surface area contributed by atoms with Crippen LogP contribution in [0.5, 0.6) is 0 Å². The van der Waals surface area contributed by atoms with Crippen LogP contribution in [0, 0.1) is 11.8 Å². The molecule has 0 unspecified atom stereocenters. The van der Waals surface area contributed by atoms with Gasteiger partial charge in [0.05, 0.1) is 24.7 Å². The van der Waals surface area contributed by atoms with Gasteiger partial charge in [0.1, 0.15) is 23.7 Å². The van der Waals surface area contributed by atoms with Gasteiger partial charge in [-0.3, -0.25) is 19.2 Å². The van der Waals surface area contributed by atoms with E-state index in [1.165, 1.54) is 7.11 Å². The zero-order valence-electron chi connectivity index (χ0n) is 27.0. The number of nitrogens with one attached hydrogen (secondary N) is 1. The molecule has 0 radical (unpaired) electrons. The molecule has 0 aromatic heterocycles. The second-order valence-corrected chi connectivity index (χ2v) is 12.9. The van der Waals surface area contributed by atoms with Crippen molar-refractivity contribution in [1.29, 1.82) is 0 Å². The molecule has 1 aromatic carbocycles. The summed E-state index contributed by atoms with van der Waals surface area (Å²) in [6.45, 7) is 4.68. The summed E-state index contributed by atoms with van der Waals surface area (Å²) in [5, 5.41) is 12.2. The van der Waals surface area contributed by atoms with Crippen LogP contribution in [-0.4, -0.2) is 102 Å². The minimum absolute atomic E-state index is 0.0925. The molecule has 11 heteroatoms. The summed E-state index contributed by atoms with van der Waals surface area (Å²) in [5.74, 6) is -3.29. The molecule has 1 spiro atoms. The lowest BCUT2D eigenvalue weighted by atomic mass is 9.74. The SMILES string of the molecule is COC[C@@H]1NC(=O)CC/C=C\CN(C(C)C)C(=O)[C@H]2N(CCCCCCO)C(=O)[C@@H]3[C@@H](C(=O)O[C@H]1c1ccccc1)[C@H]1C=C[C@]32O1. The Labute approximate surface area is 270 Å². The van der Waals surface area contributed by atoms with Crippen LogP contribution < -0.4 is 5.32 Å². The summed E-state index contributed by atoms with van der Waals surface area (Å²) < 4.78 is 18.2. The Kier molecular flexibility index (Phi) is 11.0. The lowest BCUT2D eigenvalue weighted by Gasteiger charge is -2.37. The van der Waals surface area contributed by atoms with Gasteiger partial charge >= 0.3 is 5.97 Å². The second-order valence-electron chi connectivity index (χ2n) is 12.9. The molecule has 3 amide bonds. The first-order valence-corrected chi connectivity index (χ1v) is 16.5. The lowest BCUT2D eigenvalue weighted by Crippen LogP contribution is -2.57. The van der Waals surface area contributed by atoms with Crippen molar-refractivity contribution in [2.24, 2.45) is 11.8 Å². The number of benzene rings is 1. The van der Waals surface area contributed by atoms with E-state index in [0.717, 1.165) is 12.8 Å². The maximum Gasteiger partial charge on any atom is 0.313 e. The first kappa shape index (κ1) is 33.8. The summed E-state index contributed by atoms with van der Waals surface area (Å²) in [6.07, 6.45) is 9.29. The maximum absolute atomic E-state index is 14.5. The molecule has 0 saturated carbocycles. The van der Waals surface area contributed by atoms with Gasteiger partial charge in [0.15, 0.2) is 0 Å². The van der Waals surface area contributed by atoms with Crippen molar-refractivity contribution in [2.75, 3.05) is 33.4 Å². The molecule has 0 aliphatic carbocycles. The molecule has 2 N–H and O–H groups in total. The molecule has 7 atom stereocenters. The molecule has 2 saturated heterocycles. The van der Waals surface area contributed by atoms with E-state index >= 15 is 0 Å². The number of cyclic esters (lactones) is 1. The van der Waals surface area contributed by atoms with Crippen LogP contribution in [0.3, 0.4) is 0 Å². The lowest BCUT2D eigenvalue weighted by molar-refractivity contribution is -0.162. The van der Waals surface area contributed by atoms with Crippen molar-refractivity contribution in [2.45, 2.75) is 88.3 Å². The van der Waals surface area contributed by atoms with Gasteiger partial charge in [0, 0.05) is 39.3 Å². The monoisotopic (exact) mass is 637 g/mol. The van der Waals surface area contributed by atoms with Crippen molar-refractivity contribution < 1.29 is 38.5 Å². The highest BCUT2D eigenvalue weighted by Gasteiger charge is 2.73. The van der Waals surface area contributed by atoms with E-state index in [-0.39, 0.29) is 43.4 Å². The number of aliphatic hydroxyl groups excluding tert-OH is 1. The Balaban J connectivity index is 1.55. The number of ether oxygens (including phenoxy) is 3. The van der Waals surface area contributed by atoms with Gasteiger partial charge in [0.2, 0.25) is 17.7 Å². The van der Waals surface area contributed by atoms with E-state index < -0.39 is 47.7 Å². The summed E-state index contributed by atoms with van der Waals surface area (Å²) in [5.41, 5.74) is -0.630. The molecule has 5 bridgehead atoms. The number of allylic oxidation sites excluding steroid dienone is 1. The molecule has 2 fully saturated rings. The minimum Gasteiger partial charge on any atom is -0.455 e. The highest BCUT2D eigenvalue weighted by Crippen LogP contribution is 2.56. The number of aliphatic hydroxyl groups is 1. The van der Waals surface area contributed by atoms with Crippen LogP contribution >= 0.6 is 0 Å². The van der Waals surface area contributed by atoms with Crippen LogP contribution in [0.4, 0.5) is 0 Å². The normalized spacial score (nSPS) is 32.2. The number of likely N-dealkylation sites (tertiary alicyclic amines) is 1. The zero-order valence-corrected chi connectivity index (χ0v) is 27.0. The van der Waals surface area contributed by atoms with Gasteiger partial charge in [-0.2, -0.15) is 0 Å². The molecule has 5 rings (SSSR count). The number of amides is 3. The fourth-order valence-electron chi connectivity index (χ4n) is 7.33. The molecule has 11 nitrogen and oxygen atoms in total. The zero-order chi connectivity index (χ0) is 32.8. The topological polar surface area (TPSA) is 135 Å². The van der Waals surface area contributed by atoms with E-state index in [1.54, 1.807) is 15.9 Å². The van der Waals surface area contributed by atoms with Gasteiger partial charge in [-0.15, -0.1) is 0 Å². The highest BCUT2D eigenvalue weighted by molar-refractivity contribution is 5.99. The highest BCUT2D eigenvalue weighted by atomic mass is 16.6. The van der Waals surface area contributed by atoms with E-state index in [9.17, 15) is 24.3 Å². The van der Waals surface area contributed by atoms with Gasteiger partial charge in [-0.05, 0) is 38.7 Å². The van der Waals surface area contributed by atoms with Crippen molar-refractivity contribution >= 4 is 23.7 Å². The van der Waals surface area contributed by atoms with Crippen LogP contribution in [-0.2, 0) is 33.4 Å². The fourth-order valence-corrected chi connectivity index (χ4v) is 7.33. The predicted octanol–water partition coefficient (Wildman–Crippen LogP) is 2.69. The van der Waals surface area contributed by atoms with Crippen LogP contribution in [0.25, 0.3) is 0 Å². The van der Waals surface area contributed by atoms with Gasteiger partial charge in [0.25, 0.3) is 0 Å². The smallest absolute Gasteiger partial charge is 0.313 e. The summed E-state index contributed by atoms with van der Waals surface area (Å²) in [6, 6.07) is 7.36. The maximum atomic E-state index is 14.5. The molecule has 4 aliphatic heterocycles. The third-order valence-corrected chi connectivity index (χ3v) is 9.53. The van der Waals surface area contributed by atoms with E-state index in [2.05, 4.69) is 5.32 Å². The standard InChI is InChI=1S/C35H47N3O8/c1-23(2)37-19-12-7-10-16-27(40)36-25(22-44-3)30(24-14-8-6-9-15-24)45-34(43)28-26-17-18-35(46-26)29(28)32(41)38(31(35)33(37)42)20-11-4-5-13-21-39/h6-9,12,14-15,17-18,23,25-26,28-31,39H,4-5,10-11,13,16,19-22H2,1-3H3,(H,36,40)/b12-7-/t25-,26+,28-,29-,30-,31+,35-/m0/s1. The number of nitrogens with zero attached hydrogens (tertiary/aromatic N) is 2. The van der Waals surface area contributed by atoms with Gasteiger partial charge < -0.3 is 34.4 Å². The number of unbranched alkanes of at least 4 members (excludes halogenated alkanes) is 3. The summed E-state index contributed by atoms with van der Waals surface area (Å²) >= 11 is 0. The van der Waals surface area contributed by atoms with Crippen LogP contribution in [0.15, 0.2) is 54.6 Å². The second kappa shape index (κ2) is 14.9. The Morgan fingerprint density at radius 2 is 1.80 bits per heavy atom. The number of fused-ring (bicyclic) bond motifs is 2. The van der Waals surface area contributed by atoms with E-state index in [4.69, 9.17) is 14.2 Å². The number of carbonyl (C=O) groups excluding carboxylic acids is 4. The first-order chi connectivity index (χ1) is 22.2. The Morgan fingerprint density at radius 3 is 2.52 bits per heavy atom. The number of hydrogen-bond acceptors (Lipinski definition) is 8. The Bertz CT molecular complexity index is 1320. The Hall–Kier alpha value is -3.54.